The molecule has 1 unspecified atom stereocenters. The maximum Gasteiger partial charge on any atom is 0.290 e. The molecule has 0 bridgehead atoms. The van der Waals surface area contributed by atoms with Gasteiger partial charge in [-0.05, 0) is 25.4 Å². The lowest BCUT2D eigenvalue weighted by atomic mass is 10.1. The summed E-state index contributed by atoms with van der Waals surface area (Å²) in [6.45, 7) is 2.06. The molecule has 1 aliphatic heterocycles. The van der Waals surface area contributed by atoms with Crippen LogP contribution in [0, 0.1) is 5.92 Å². The number of nitrogens with one attached hydrogen (secondary N) is 1. The highest BCUT2D eigenvalue weighted by Gasteiger charge is 2.17. The van der Waals surface area contributed by atoms with Crippen LogP contribution in [0.2, 0.25) is 0 Å². The SMILES string of the molecule is O=Cc1nc(CC2CCNC2)no1. The van der Waals surface area contributed by atoms with Crippen molar-refractivity contribution in [3.05, 3.63) is 11.7 Å². The van der Waals surface area contributed by atoms with Gasteiger partial charge < -0.3 is 9.84 Å². The summed E-state index contributed by atoms with van der Waals surface area (Å²) in [6, 6.07) is 0. The number of carbonyl (C=O) groups is 1. The molecule has 0 aliphatic carbocycles. The number of rotatable bonds is 3. The second-order valence-corrected chi connectivity index (χ2v) is 3.23. The summed E-state index contributed by atoms with van der Waals surface area (Å²) in [7, 11) is 0. The van der Waals surface area contributed by atoms with Crippen molar-refractivity contribution in [1.82, 2.24) is 15.5 Å². The maximum absolute atomic E-state index is 10.2. The summed E-state index contributed by atoms with van der Waals surface area (Å²) in [4.78, 5) is 14.2. The van der Waals surface area contributed by atoms with Crippen LogP contribution in [0.5, 0.6) is 0 Å². The van der Waals surface area contributed by atoms with Gasteiger partial charge in [0.25, 0.3) is 5.89 Å². The van der Waals surface area contributed by atoms with Gasteiger partial charge >= 0.3 is 0 Å². The molecular weight excluding hydrogens is 170 g/mol. The summed E-state index contributed by atoms with van der Waals surface area (Å²) < 4.78 is 4.67. The minimum atomic E-state index is 0.0703. The molecule has 0 amide bonds. The van der Waals surface area contributed by atoms with Crippen molar-refractivity contribution >= 4 is 6.29 Å². The monoisotopic (exact) mass is 181 g/mol. The van der Waals surface area contributed by atoms with Crippen LogP contribution >= 0.6 is 0 Å². The predicted octanol–water partition coefficient (Wildman–Crippen LogP) is 0.0341. The lowest BCUT2D eigenvalue weighted by Crippen LogP contribution is -2.11. The van der Waals surface area contributed by atoms with Gasteiger partial charge in [-0.15, -0.1) is 0 Å². The molecule has 2 heterocycles. The average Bonchev–Trinajstić information content (AvgIpc) is 2.76. The van der Waals surface area contributed by atoms with Crippen molar-refractivity contribution in [2.75, 3.05) is 13.1 Å². The van der Waals surface area contributed by atoms with Crippen LogP contribution in [0.25, 0.3) is 0 Å². The van der Waals surface area contributed by atoms with Crippen LogP contribution < -0.4 is 5.32 Å². The van der Waals surface area contributed by atoms with Crippen LogP contribution in [-0.2, 0) is 6.42 Å². The van der Waals surface area contributed by atoms with Crippen LogP contribution in [0.1, 0.15) is 22.9 Å². The fourth-order valence-electron chi connectivity index (χ4n) is 1.55. The summed E-state index contributed by atoms with van der Waals surface area (Å²) in [6.07, 6.45) is 2.51. The third kappa shape index (κ3) is 1.92. The molecule has 1 N–H and O–H groups in total. The molecule has 1 fully saturated rings. The quantitative estimate of drug-likeness (QED) is 0.666. The first-order valence-corrected chi connectivity index (χ1v) is 4.37. The van der Waals surface area contributed by atoms with Gasteiger partial charge in [0, 0.05) is 6.42 Å². The first kappa shape index (κ1) is 8.37. The highest BCUT2D eigenvalue weighted by Crippen LogP contribution is 2.12. The van der Waals surface area contributed by atoms with Crippen molar-refractivity contribution in [3.8, 4) is 0 Å². The number of carbonyl (C=O) groups excluding carboxylic acids is 1. The zero-order valence-electron chi connectivity index (χ0n) is 7.19. The van der Waals surface area contributed by atoms with E-state index in [0.717, 1.165) is 25.9 Å². The lowest BCUT2D eigenvalue weighted by Gasteiger charge is -2.01. The van der Waals surface area contributed by atoms with E-state index in [1.165, 1.54) is 0 Å². The number of aldehydes is 1. The Hall–Kier alpha value is -1.23. The van der Waals surface area contributed by atoms with Crippen LogP contribution in [0.4, 0.5) is 0 Å². The molecular formula is C8H11N3O2. The Balaban J connectivity index is 1.96. The topological polar surface area (TPSA) is 68.0 Å². The smallest absolute Gasteiger partial charge is 0.290 e. The van der Waals surface area contributed by atoms with Gasteiger partial charge in [0.05, 0.1) is 0 Å². The molecule has 70 valence electrons. The van der Waals surface area contributed by atoms with Gasteiger partial charge in [0.15, 0.2) is 5.82 Å². The highest BCUT2D eigenvalue weighted by molar-refractivity contribution is 5.66. The van der Waals surface area contributed by atoms with Crippen molar-refractivity contribution in [3.63, 3.8) is 0 Å². The van der Waals surface area contributed by atoms with Gasteiger partial charge in [0.1, 0.15) is 0 Å². The Labute approximate surface area is 75.5 Å². The van der Waals surface area contributed by atoms with E-state index in [4.69, 9.17) is 0 Å². The molecule has 1 aromatic heterocycles. The summed E-state index contributed by atoms with van der Waals surface area (Å²) in [5.41, 5.74) is 0. The minimum Gasteiger partial charge on any atom is -0.331 e. The van der Waals surface area contributed by atoms with E-state index < -0.39 is 0 Å². The largest absolute Gasteiger partial charge is 0.331 e. The second kappa shape index (κ2) is 3.66. The first-order chi connectivity index (χ1) is 6.38. The fraction of sp³-hybridized carbons (Fsp3) is 0.625. The van der Waals surface area contributed by atoms with Crippen LogP contribution in [0.3, 0.4) is 0 Å². The van der Waals surface area contributed by atoms with Gasteiger partial charge in [-0.25, -0.2) is 0 Å². The van der Waals surface area contributed by atoms with E-state index >= 15 is 0 Å². The molecule has 5 heteroatoms. The molecule has 0 saturated carbocycles. The molecule has 1 saturated heterocycles. The van der Waals surface area contributed by atoms with Crippen LogP contribution in [0.15, 0.2) is 4.52 Å². The first-order valence-electron chi connectivity index (χ1n) is 4.37. The Bertz CT molecular complexity index is 291. The van der Waals surface area contributed by atoms with Gasteiger partial charge in [-0.3, -0.25) is 4.79 Å². The molecule has 2 rings (SSSR count). The van der Waals surface area contributed by atoms with Crippen molar-refractivity contribution in [2.45, 2.75) is 12.8 Å². The maximum atomic E-state index is 10.2. The normalized spacial score (nSPS) is 22.0. The third-order valence-electron chi connectivity index (χ3n) is 2.22. The summed E-state index contributed by atoms with van der Waals surface area (Å²) in [5, 5.41) is 6.96. The van der Waals surface area contributed by atoms with E-state index in [0.29, 0.717) is 18.0 Å². The molecule has 1 aliphatic rings. The molecule has 5 nitrogen and oxygen atoms in total. The summed E-state index contributed by atoms with van der Waals surface area (Å²) in [5.74, 6) is 1.29. The fourth-order valence-corrected chi connectivity index (χ4v) is 1.55. The van der Waals surface area contributed by atoms with E-state index in [1.54, 1.807) is 0 Å². The standard InChI is InChI=1S/C8H11N3O2/c12-5-8-10-7(11-13-8)3-6-1-2-9-4-6/h5-6,9H,1-4H2. The van der Waals surface area contributed by atoms with Crippen molar-refractivity contribution in [1.29, 1.82) is 0 Å². The summed E-state index contributed by atoms with van der Waals surface area (Å²) >= 11 is 0. The predicted molar refractivity (Wildman–Crippen MR) is 44.4 cm³/mol. The number of aromatic nitrogens is 2. The minimum absolute atomic E-state index is 0.0703. The average molecular weight is 181 g/mol. The zero-order valence-corrected chi connectivity index (χ0v) is 7.19. The van der Waals surface area contributed by atoms with Gasteiger partial charge in [0.2, 0.25) is 6.29 Å². The Kier molecular flexibility index (Phi) is 2.35. The molecule has 1 atom stereocenters. The third-order valence-corrected chi connectivity index (χ3v) is 2.22. The molecule has 0 aromatic carbocycles. The molecule has 13 heavy (non-hydrogen) atoms. The van der Waals surface area contributed by atoms with E-state index in [9.17, 15) is 4.79 Å². The highest BCUT2D eigenvalue weighted by atomic mass is 16.5. The van der Waals surface area contributed by atoms with Crippen LogP contribution in [-0.4, -0.2) is 29.5 Å². The number of hydrogen-bond acceptors (Lipinski definition) is 5. The number of nitrogens with zero attached hydrogens (tertiary/aromatic N) is 2. The Morgan fingerprint density at radius 2 is 2.62 bits per heavy atom. The van der Waals surface area contributed by atoms with E-state index in [2.05, 4.69) is 20.0 Å². The zero-order chi connectivity index (χ0) is 9.10. The van der Waals surface area contributed by atoms with Gasteiger partial charge in [-0.1, -0.05) is 5.16 Å². The Morgan fingerprint density at radius 1 is 1.69 bits per heavy atom. The van der Waals surface area contributed by atoms with E-state index in [-0.39, 0.29) is 5.89 Å². The van der Waals surface area contributed by atoms with Crippen molar-refractivity contribution < 1.29 is 9.32 Å². The number of hydrogen-bond donors (Lipinski definition) is 1. The van der Waals surface area contributed by atoms with Gasteiger partial charge in [-0.2, -0.15) is 4.98 Å². The lowest BCUT2D eigenvalue weighted by molar-refractivity contribution is 0.108. The molecule has 0 radical (unpaired) electrons. The van der Waals surface area contributed by atoms with Crippen molar-refractivity contribution in [2.24, 2.45) is 5.92 Å². The van der Waals surface area contributed by atoms with E-state index in [1.807, 2.05) is 0 Å². The Morgan fingerprint density at radius 3 is 3.23 bits per heavy atom. The molecule has 0 spiro atoms. The molecule has 1 aromatic rings. The second-order valence-electron chi connectivity index (χ2n) is 3.23.